The number of halogens is 1. The van der Waals surface area contributed by atoms with E-state index >= 15 is 0 Å². The number of fused-ring (bicyclic) bond motifs is 1. The van der Waals surface area contributed by atoms with Gasteiger partial charge in [0.15, 0.2) is 0 Å². The van der Waals surface area contributed by atoms with Gasteiger partial charge in [-0.1, -0.05) is 64.5 Å². The molecule has 4 nitrogen and oxygen atoms in total. The van der Waals surface area contributed by atoms with Crippen LogP contribution in [0.4, 0.5) is 5.69 Å². The number of carbonyl (C=O) groups is 2. The second kappa shape index (κ2) is 6.60. The average molecular weight is 434 g/mol. The summed E-state index contributed by atoms with van der Waals surface area (Å²) in [6.45, 7) is 0.119. The van der Waals surface area contributed by atoms with Crippen molar-refractivity contribution in [3.05, 3.63) is 88.0 Å². The largest absolute Gasteiger partial charge is 0.456 e. The van der Waals surface area contributed by atoms with E-state index in [9.17, 15) is 9.59 Å². The number of amides is 1. The zero-order valence-corrected chi connectivity index (χ0v) is 16.5. The van der Waals surface area contributed by atoms with Crippen molar-refractivity contribution in [1.82, 2.24) is 0 Å². The highest BCUT2D eigenvalue weighted by Crippen LogP contribution is 2.43. The fourth-order valence-electron chi connectivity index (χ4n) is 4.19. The molecule has 0 bridgehead atoms. The number of carbonyl (C=O) groups excluding carboxylic acids is 2. The number of nitrogens with zero attached hydrogens (tertiary/aromatic N) is 1. The summed E-state index contributed by atoms with van der Waals surface area (Å²) < 4.78 is 6.25. The van der Waals surface area contributed by atoms with Gasteiger partial charge in [0, 0.05) is 22.5 Å². The predicted octanol–water partition coefficient (Wildman–Crippen LogP) is 4.93. The first-order valence-electron chi connectivity index (χ1n) is 9.10. The summed E-state index contributed by atoms with van der Waals surface area (Å²) >= 11 is 3.46. The molecule has 2 aliphatic rings. The molecule has 0 fully saturated rings. The minimum atomic E-state index is -0.333. The first kappa shape index (κ1) is 17.2. The van der Waals surface area contributed by atoms with Crippen LogP contribution in [0.5, 0.6) is 0 Å². The molecule has 0 aliphatic carbocycles. The van der Waals surface area contributed by atoms with Crippen molar-refractivity contribution in [3.63, 3.8) is 0 Å². The van der Waals surface area contributed by atoms with Gasteiger partial charge < -0.3 is 4.74 Å². The van der Waals surface area contributed by atoms with E-state index < -0.39 is 0 Å². The summed E-state index contributed by atoms with van der Waals surface area (Å²) in [6, 6.07) is 21.6. The summed E-state index contributed by atoms with van der Waals surface area (Å²) in [5.74, 6) is -0.666. The third kappa shape index (κ3) is 2.66. The number of anilines is 1. The zero-order chi connectivity index (χ0) is 19.3. The molecular formula is C23H16BrNO3. The quantitative estimate of drug-likeness (QED) is 0.538. The molecule has 0 saturated carbocycles. The predicted molar refractivity (Wildman–Crippen MR) is 111 cm³/mol. The lowest BCUT2D eigenvalue weighted by molar-refractivity contribution is -0.136. The number of rotatable bonds is 2. The maximum atomic E-state index is 13.2. The number of ether oxygens (including phenoxy) is 1. The molecule has 5 rings (SSSR count). The molecule has 28 heavy (non-hydrogen) atoms. The molecular weight excluding hydrogens is 418 g/mol. The summed E-state index contributed by atoms with van der Waals surface area (Å²) in [5, 5.41) is 2.15. The Kier molecular flexibility index (Phi) is 4.05. The summed E-state index contributed by atoms with van der Waals surface area (Å²) in [7, 11) is 0. The lowest BCUT2D eigenvalue weighted by Crippen LogP contribution is -2.37. The molecule has 1 atom stereocenters. The van der Waals surface area contributed by atoms with Crippen molar-refractivity contribution in [2.24, 2.45) is 0 Å². The highest BCUT2D eigenvalue weighted by atomic mass is 79.9. The molecule has 3 aromatic carbocycles. The number of esters is 1. The van der Waals surface area contributed by atoms with E-state index in [0.29, 0.717) is 11.3 Å². The molecule has 2 aliphatic heterocycles. The Labute approximate surface area is 170 Å². The molecule has 5 heteroatoms. The summed E-state index contributed by atoms with van der Waals surface area (Å²) in [6.07, 6.45) is 0.231. The van der Waals surface area contributed by atoms with Crippen molar-refractivity contribution in [3.8, 4) is 0 Å². The highest BCUT2D eigenvalue weighted by molar-refractivity contribution is 9.10. The van der Waals surface area contributed by atoms with Crippen molar-refractivity contribution < 1.29 is 14.3 Å². The summed E-state index contributed by atoms with van der Waals surface area (Å²) in [5.41, 5.74) is 2.97. The number of hydrogen-bond acceptors (Lipinski definition) is 3. The van der Waals surface area contributed by atoms with Gasteiger partial charge in [-0.25, -0.2) is 4.79 Å². The first-order valence-corrected chi connectivity index (χ1v) is 9.89. The van der Waals surface area contributed by atoms with E-state index in [4.69, 9.17) is 4.74 Å². The van der Waals surface area contributed by atoms with Crippen LogP contribution in [0.2, 0.25) is 0 Å². The standard InChI is InChI=1S/C23H16BrNO3/c24-15-7-4-8-16(11-15)25-20-13-28-23(27)22(20)19(12-21(25)26)18-10-3-6-14-5-1-2-9-17(14)18/h1-11,19H,12-13H2. The number of hydrogen-bond donors (Lipinski definition) is 0. The van der Waals surface area contributed by atoms with Gasteiger partial charge in [-0.15, -0.1) is 0 Å². The monoisotopic (exact) mass is 433 g/mol. The lowest BCUT2D eigenvalue weighted by atomic mass is 9.82. The Morgan fingerprint density at radius 2 is 1.75 bits per heavy atom. The minimum absolute atomic E-state index is 0.0342. The minimum Gasteiger partial charge on any atom is -0.456 e. The molecule has 0 saturated heterocycles. The highest BCUT2D eigenvalue weighted by Gasteiger charge is 2.43. The first-order chi connectivity index (χ1) is 13.6. The van der Waals surface area contributed by atoms with Crippen LogP contribution < -0.4 is 4.90 Å². The van der Waals surface area contributed by atoms with Crippen molar-refractivity contribution in [2.75, 3.05) is 11.5 Å². The van der Waals surface area contributed by atoms with Gasteiger partial charge in [0.1, 0.15) is 6.61 Å². The normalized spacial score (nSPS) is 19.2. The fourth-order valence-corrected chi connectivity index (χ4v) is 4.58. The molecule has 3 aromatic rings. The summed E-state index contributed by atoms with van der Waals surface area (Å²) in [4.78, 5) is 27.5. The van der Waals surface area contributed by atoms with Gasteiger partial charge in [-0.3, -0.25) is 9.69 Å². The van der Waals surface area contributed by atoms with Crippen LogP contribution in [0.1, 0.15) is 17.9 Å². The third-order valence-corrected chi connectivity index (χ3v) is 5.88. The number of benzene rings is 3. The van der Waals surface area contributed by atoms with Crippen LogP contribution in [0.3, 0.4) is 0 Å². The molecule has 138 valence electrons. The second-order valence-electron chi connectivity index (χ2n) is 6.97. The average Bonchev–Trinajstić information content (AvgIpc) is 3.08. The van der Waals surface area contributed by atoms with Crippen LogP contribution in [-0.2, 0) is 14.3 Å². The van der Waals surface area contributed by atoms with Crippen LogP contribution >= 0.6 is 15.9 Å². The van der Waals surface area contributed by atoms with Crippen molar-refractivity contribution >= 4 is 44.3 Å². The van der Waals surface area contributed by atoms with Gasteiger partial charge >= 0.3 is 5.97 Å². The van der Waals surface area contributed by atoms with Gasteiger partial charge in [0.25, 0.3) is 0 Å². The fraction of sp³-hybridized carbons (Fsp3) is 0.130. The van der Waals surface area contributed by atoms with Crippen LogP contribution in [0.15, 0.2) is 82.5 Å². The Bertz CT molecular complexity index is 1160. The van der Waals surface area contributed by atoms with E-state index in [2.05, 4.69) is 15.9 Å². The molecule has 2 heterocycles. The Morgan fingerprint density at radius 1 is 0.964 bits per heavy atom. The maximum Gasteiger partial charge on any atom is 0.336 e. The van der Waals surface area contributed by atoms with E-state index in [1.807, 2.05) is 66.7 Å². The molecule has 1 amide bonds. The number of cyclic esters (lactones) is 1. The molecule has 0 radical (unpaired) electrons. The van der Waals surface area contributed by atoms with Gasteiger partial charge in [-0.05, 0) is 34.5 Å². The van der Waals surface area contributed by atoms with Gasteiger partial charge in [0.05, 0.1) is 11.3 Å². The Balaban J connectivity index is 1.69. The molecule has 1 unspecified atom stereocenters. The second-order valence-corrected chi connectivity index (χ2v) is 7.89. The zero-order valence-electron chi connectivity index (χ0n) is 14.9. The third-order valence-electron chi connectivity index (χ3n) is 5.38. The molecule has 0 spiro atoms. The van der Waals surface area contributed by atoms with Crippen LogP contribution in [-0.4, -0.2) is 18.5 Å². The van der Waals surface area contributed by atoms with Crippen LogP contribution in [0.25, 0.3) is 10.8 Å². The van der Waals surface area contributed by atoms with Gasteiger partial charge in [-0.2, -0.15) is 0 Å². The van der Waals surface area contributed by atoms with E-state index in [0.717, 1.165) is 26.5 Å². The lowest BCUT2D eigenvalue weighted by Gasteiger charge is -2.32. The van der Waals surface area contributed by atoms with Gasteiger partial charge in [0.2, 0.25) is 5.91 Å². The smallest absolute Gasteiger partial charge is 0.336 e. The maximum absolute atomic E-state index is 13.2. The van der Waals surface area contributed by atoms with Crippen molar-refractivity contribution in [2.45, 2.75) is 12.3 Å². The SMILES string of the molecule is O=C1OCC2=C1C(c1cccc3ccccc13)CC(=O)N2c1cccc(Br)c1. The van der Waals surface area contributed by atoms with Crippen LogP contribution in [0, 0.1) is 0 Å². The van der Waals surface area contributed by atoms with E-state index in [-0.39, 0.29) is 30.8 Å². The topological polar surface area (TPSA) is 46.6 Å². The van der Waals surface area contributed by atoms with E-state index in [1.165, 1.54) is 0 Å². The Morgan fingerprint density at radius 3 is 2.61 bits per heavy atom. The molecule has 0 aromatic heterocycles. The van der Waals surface area contributed by atoms with E-state index in [1.54, 1.807) is 4.90 Å². The Hall–Kier alpha value is -2.92. The van der Waals surface area contributed by atoms with Crippen molar-refractivity contribution in [1.29, 1.82) is 0 Å². The molecule has 0 N–H and O–H groups in total.